The molecule has 0 saturated carbocycles. The maximum atomic E-state index is 13.3. The molecular formula is C13H17FN2OS. The average Bonchev–Trinajstić information content (AvgIpc) is 2.53. The van der Waals surface area contributed by atoms with Gasteiger partial charge in [-0.2, -0.15) is 0 Å². The summed E-state index contributed by atoms with van der Waals surface area (Å²) >= 11 is 4.99. The number of halogens is 1. The van der Waals surface area contributed by atoms with E-state index in [-0.39, 0.29) is 16.9 Å². The van der Waals surface area contributed by atoms with Gasteiger partial charge in [0.05, 0.1) is 6.10 Å². The molecule has 1 saturated heterocycles. The summed E-state index contributed by atoms with van der Waals surface area (Å²) in [5, 5.41) is 0. The predicted octanol–water partition coefficient (Wildman–Crippen LogP) is 2.08. The molecule has 1 aromatic rings. The number of anilines is 1. The van der Waals surface area contributed by atoms with Crippen molar-refractivity contribution in [2.24, 2.45) is 5.73 Å². The predicted molar refractivity (Wildman–Crippen MR) is 74.5 cm³/mol. The summed E-state index contributed by atoms with van der Waals surface area (Å²) in [6, 6.07) is 4.57. The van der Waals surface area contributed by atoms with Gasteiger partial charge in [0.2, 0.25) is 0 Å². The van der Waals surface area contributed by atoms with E-state index in [2.05, 4.69) is 4.90 Å². The van der Waals surface area contributed by atoms with Crippen LogP contribution in [0.5, 0.6) is 0 Å². The second-order valence-corrected chi connectivity index (χ2v) is 4.95. The topological polar surface area (TPSA) is 38.5 Å². The van der Waals surface area contributed by atoms with Crippen LogP contribution < -0.4 is 10.6 Å². The monoisotopic (exact) mass is 268 g/mol. The largest absolute Gasteiger partial charge is 0.389 e. The van der Waals surface area contributed by atoms with Gasteiger partial charge in [-0.3, -0.25) is 0 Å². The van der Waals surface area contributed by atoms with Crippen LogP contribution in [0.2, 0.25) is 0 Å². The number of nitrogens with zero attached hydrogens (tertiary/aromatic N) is 1. The number of rotatable bonds is 2. The lowest BCUT2D eigenvalue weighted by atomic mass is 10.1. The molecule has 3 nitrogen and oxygen atoms in total. The zero-order valence-corrected chi connectivity index (χ0v) is 11.2. The molecule has 5 heteroatoms. The van der Waals surface area contributed by atoms with Crippen LogP contribution in [0.3, 0.4) is 0 Å². The highest BCUT2D eigenvalue weighted by Gasteiger charge is 2.19. The van der Waals surface area contributed by atoms with Crippen LogP contribution in [0.25, 0.3) is 0 Å². The standard InChI is InChI=1S/C13H17FN2OS/c1-9-8-16(5-2-6-17-9)12-4-3-10(14)7-11(12)13(15)18/h3-4,7,9H,2,5-6,8H2,1H3,(H2,15,18). The van der Waals surface area contributed by atoms with Crippen molar-refractivity contribution in [2.45, 2.75) is 19.4 Å². The maximum Gasteiger partial charge on any atom is 0.124 e. The first-order valence-electron chi connectivity index (χ1n) is 6.04. The number of benzene rings is 1. The van der Waals surface area contributed by atoms with Crippen molar-refractivity contribution in [1.29, 1.82) is 0 Å². The van der Waals surface area contributed by atoms with Gasteiger partial charge in [-0.1, -0.05) is 12.2 Å². The average molecular weight is 268 g/mol. The molecule has 1 fully saturated rings. The van der Waals surface area contributed by atoms with E-state index in [4.69, 9.17) is 22.7 Å². The Hall–Kier alpha value is -1.20. The van der Waals surface area contributed by atoms with E-state index >= 15 is 0 Å². The van der Waals surface area contributed by atoms with Crippen molar-refractivity contribution < 1.29 is 9.13 Å². The van der Waals surface area contributed by atoms with Gasteiger partial charge in [-0.05, 0) is 31.5 Å². The fourth-order valence-electron chi connectivity index (χ4n) is 2.19. The Kier molecular flexibility index (Phi) is 4.14. The molecule has 1 atom stereocenters. The minimum absolute atomic E-state index is 0.150. The quantitative estimate of drug-likeness (QED) is 0.833. The Labute approximate surface area is 112 Å². The normalized spacial score (nSPS) is 20.6. The van der Waals surface area contributed by atoms with Crippen molar-refractivity contribution in [3.63, 3.8) is 0 Å². The van der Waals surface area contributed by atoms with E-state index in [1.54, 1.807) is 6.07 Å². The third kappa shape index (κ3) is 2.97. The van der Waals surface area contributed by atoms with Crippen molar-refractivity contribution in [3.8, 4) is 0 Å². The Morgan fingerprint density at radius 2 is 2.33 bits per heavy atom. The van der Waals surface area contributed by atoms with Crippen LogP contribution in [0.4, 0.5) is 10.1 Å². The Morgan fingerprint density at radius 3 is 3.06 bits per heavy atom. The van der Waals surface area contributed by atoms with Gasteiger partial charge in [0, 0.05) is 30.9 Å². The molecule has 0 amide bonds. The zero-order chi connectivity index (χ0) is 13.1. The minimum Gasteiger partial charge on any atom is -0.389 e. The van der Waals surface area contributed by atoms with Gasteiger partial charge in [0.1, 0.15) is 10.8 Å². The molecule has 1 aromatic carbocycles. The van der Waals surface area contributed by atoms with E-state index in [0.717, 1.165) is 31.8 Å². The van der Waals surface area contributed by atoms with E-state index in [1.165, 1.54) is 12.1 Å². The first-order chi connectivity index (χ1) is 8.58. The number of hydrogen-bond acceptors (Lipinski definition) is 3. The molecule has 2 N–H and O–H groups in total. The molecule has 0 aliphatic carbocycles. The van der Waals surface area contributed by atoms with Crippen molar-refractivity contribution >= 4 is 22.9 Å². The van der Waals surface area contributed by atoms with Crippen LogP contribution in [-0.4, -0.2) is 30.8 Å². The van der Waals surface area contributed by atoms with Gasteiger partial charge in [0.15, 0.2) is 0 Å². The zero-order valence-electron chi connectivity index (χ0n) is 10.4. The molecule has 0 radical (unpaired) electrons. The third-order valence-corrected chi connectivity index (χ3v) is 3.24. The fourth-order valence-corrected chi connectivity index (χ4v) is 2.36. The molecule has 1 aliphatic heterocycles. The summed E-state index contributed by atoms with van der Waals surface area (Å²) in [4.78, 5) is 2.38. The van der Waals surface area contributed by atoms with Crippen LogP contribution in [0, 0.1) is 5.82 Å². The summed E-state index contributed by atoms with van der Waals surface area (Å²) in [5.74, 6) is -0.319. The van der Waals surface area contributed by atoms with Gasteiger partial charge in [0.25, 0.3) is 0 Å². The van der Waals surface area contributed by atoms with E-state index in [9.17, 15) is 4.39 Å². The van der Waals surface area contributed by atoms with Crippen LogP contribution in [-0.2, 0) is 4.74 Å². The van der Waals surface area contributed by atoms with Crippen LogP contribution in [0.1, 0.15) is 18.9 Å². The minimum atomic E-state index is -0.319. The molecule has 1 aliphatic rings. The van der Waals surface area contributed by atoms with Gasteiger partial charge in [-0.15, -0.1) is 0 Å². The first-order valence-corrected chi connectivity index (χ1v) is 6.44. The maximum absolute atomic E-state index is 13.3. The number of thiocarbonyl (C=S) groups is 1. The molecule has 2 rings (SSSR count). The molecular weight excluding hydrogens is 251 g/mol. The highest BCUT2D eigenvalue weighted by molar-refractivity contribution is 7.80. The highest BCUT2D eigenvalue weighted by Crippen LogP contribution is 2.24. The number of hydrogen-bond donors (Lipinski definition) is 1. The van der Waals surface area contributed by atoms with Gasteiger partial charge < -0.3 is 15.4 Å². The molecule has 18 heavy (non-hydrogen) atoms. The number of nitrogens with two attached hydrogens (primary N) is 1. The second kappa shape index (κ2) is 5.63. The van der Waals surface area contributed by atoms with Crippen molar-refractivity contribution in [2.75, 3.05) is 24.6 Å². The lowest BCUT2D eigenvalue weighted by molar-refractivity contribution is 0.0821. The van der Waals surface area contributed by atoms with E-state index in [1.807, 2.05) is 6.92 Å². The first kappa shape index (κ1) is 13.2. The van der Waals surface area contributed by atoms with Gasteiger partial charge >= 0.3 is 0 Å². The summed E-state index contributed by atoms with van der Waals surface area (Å²) < 4.78 is 18.9. The fraction of sp³-hybridized carbons (Fsp3) is 0.462. The molecule has 98 valence electrons. The van der Waals surface area contributed by atoms with E-state index < -0.39 is 0 Å². The molecule has 0 aromatic heterocycles. The SMILES string of the molecule is CC1CN(c2ccc(F)cc2C(N)=S)CCCO1. The summed E-state index contributed by atoms with van der Waals surface area (Å²) in [6.45, 7) is 4.41. The van der Waals surface area contributed by atoms with Crippen LogP contribution in [0.15, 0.2) is 18.2 Å². The van der Waals surface area contributed by atoms with E-state index in [0.29, 0.717) is 5.56 Å². The Balaban J connectivity index is 2.33. The lowest BCUT2D eigenvalue weighted by Gasteiger charge is -2.26. The molecule has 0 spiro atoms. The van der Waals surface area contributed by atoms with Crippen molar-refractivity contribution in [3.05, 3.63) is 29.6 Å². The summed E-state index contributed by atoms with van der Waals surface area (Å²) in [6.07, 6.45) is 1.09. The smallest absolute Gasteiger partial charge is 0.124 e. The summed E-state index contributed by atoms with van der Waals surface area (Å²) in [7, 11) is 0. The number of ether oxygens (including phenoxy) is 1. The van der Waals surface area contributed by atoms with Crippen LogP contribution >= 0.6 is 12.2 Å². The van der Waals surface area contributed by atoms with Crippen molar-refractivity contribution in [1.82, 2.24) is 0 Å². The molecule has 1 unspecified atom stereocenters. The Bertz CT molecular complexity index is 453. The Morgan fingerprint density at radius 1 is 1.56 bits per heavy atom. The molecule has 1 heterocycles. The lowest BCUT2D eigenvalue weighted by Crippen LogP contribution is -2.32. The summed E-state index contributed by atoms with van der Waals surface area (Å²) in [5.41, 5.74) is 7.16. The molecule has 0 bridgehead atoms. The van der Waals surface area contributed by atoms with Gasteiger partial charge in [-0.25, -0.2) is 4.39 Å². The second-order valence-electron chi connectivity index (χ2n) is 4.51. The highest BCUT2D eigenvalue weighted by atomic mass is 32.1. The third-order valence-electron chi connectivity index (χ3n) is 3.02.